The number of unbranched alkanes of at least 4 members (excludes halogenated alkanes) is 3. The molecule has 0 fully saturated rings. The topological polar surface area (TPSA) is 18.5 Å². The van der Waals surface area contributed by atoms with Crippen molar-refractivity contribution in [3.8, 4) is 5.75 Å². The highest BCUT2D eigenvalue weighted by atomic mass is 16.7. The van der Waals surface area contributed by atoms with Crippen LogP contribution in [0, 0.1) is 0 Å². The molecule has 0 heterocycles. The molecule has 2 nitrogen and oxygen atoms in total. The average molecular weight is 276 g/mol. The Morgan fingerprint density at radius 2 is 1.80 bits per heavy atom. The monoisotopic (exact) mass is 276 g/mol. The SMILES string of the molecule is C=Cc1ccc(OC(C)(CC)OCCCCCC)cc1. The van der Waals surface area contributed by atoms with Gasteiger partial charge in [0.15, 0.2) is 0 Å². The van der Waals surface area contributed by atoms with Crippen LogP contribution in [-0.4, -0.2) is 12.4 Å². The normalized spacial score (nSPS) is 13.8. The Labute approximate surface area is 123 Å². The van der Waals surface area contributed by atoms with Crippen molar-refractivity contribution in [3.63, 3.8) is 0 Å². The molecule has 0 saturated carbocycles. The molecule has 0 aliphatic rings. The molecule has 0 aliphatic carbocycles. The van der Waals surface area contributed by atoms with Crippen LogP contribution in [0.4, 0.5) is 0 Å². The molecule has 0 bridgehead atoms. The van der Waals surface area contributed by atoms with E-state index in [1.165, 1.54) is 19.3 Å². The summed E-state index contributed by atoms with van der Waals surface area (Å²) >= 11 is 0. The Hall–Kier alpha value is -1.28. The summed E-state index contributed by atoms with van der Waals surface area (Å²) in [4.78, 5) is 0. The van der Waals surface area contributed by atoms with Crippen LogP contribution in [0.1, 0.15) is 58.4 Å². The predicted molar refractivity (Wildman–Crippen MR) is 86.0 cm³/mol. The maximum absolute atomic E-state index is 6.00. The fourth-order valence-corrected chi connectivity index (χ4v) is 1.94. The zero-order valence-electron chi connectivity index (χ0n) is 13.2. The van der Waals surface area contributed by atoms with Gasteiger partial charge in [-0.25, -0.2) is 0 Å². The van der Waals surface area contributed by atoms with Crippen molar-refractivity contribution < 1.29 is 9.47 Å². The molecule has 20 heavy (non-hydrogen) atoms. The van der Waals surface area contributed by atoms with E-state index in [2.05, 4.69) is 20.4 Å². The van der Waals surface area contributed by atoms with Crippen LogP contribution in [0.5, 0.6) is 5.75 Å². The second kappa shape index (κ2) is 8.80. The molecule has 1 aromatic rings. The second-order valence-electron chi connectivity index (χ2n) is 5.27. The van der Waals surface area contributed by atoms with Gasteiger partial charge in [-0.1, -0.05) is 57.9 Å². The largest absolute Gasteiger partial charge is 0.463 e. The summed E-state index contributed by atoms with van der Waals surface area (Å²) < 4.78 is 11.9. The second-order valence-corrected chi connectivity index (χ2v) is 5.27. The first-order valence-electron chi connectivity index (χ1n) is 7.69. The first kappa shape index (κ1) is 16.8. The van der Waals surface area contributed by atoms with Crippen LogP contribution in [0.15, 0.2) is 30.8 Å². The van der Waals surface area contributed by atoms with Gasteiger partial charge in [0, 0.05) is 13.3 Å². The molecule has 0 saturated heterocycles. The Morgan fingerprint density at radius 3 is 2.35 bits per heavy atom. The zero-order valence-corrected chi connectivity index (χ0v) is 13.2. The molecule has 1 atom stereocenters. The number of hydrogen-bond donors (Lipinski definition) is 0. The zero-order chi connectivity index (χ0) is 14.8. The van der Waals surface area contributed by atoms with Gasteiger partial charge in [0.2, 0.25) is 5.79 Å². The minimum Gasteiger partial charge on any atom is -0.463 e. The third-order valence-corrected chi connectivity index (χ3v) is 3.50. The van der Waals surface area contributed by atoms with E-state index >= 15 is 0 Å². The Kier molecular flexibility index (Phi) is 7.38. The Morgan fingerprint density at radius 1 is 1.10 bits per heavy atom. The lowest BCUT2D eigenvalue weighted by molar-refractivity contribution is -0.172. The van der Waals surface area contributed by atoms with Gasteiger partial charge in [-0.15, -0.1) is 0 Å². The highest BCUT2D eigenvalue weighted by Gasteiger charge is 2.24. The van der Waals surface area contributed by atoms with E-state index in [0.29, 0.717) is 0 Å². The molecule has 0 N–H and O–H groups in total. The standard InChI is InChI=1S/C18H28O2/c1-5-8-9-10-15-19-18(4,7-3)20-17-13-11-16(6-2)12-14-17/h6,11-14H,2,5,7-10,15H2,1,3-4H3. The predicted octanol–water partition coefficient (Wildman–Crippen LogP) is 5.43. The molecular weight excluding hydrogens is 248 g/mol. The lowest BCUT2D eigenvalue weighted by atomic mass is 10.2. The number of ether oxygens (including phenoxy) is 2. The van der Waals surface area contributed by atoms with Gasteiger partial charge in [0.25, 0.3) is 0 Å². The lowest BCUT2D eigenvalue weighted by Crippen LogP contribution is -2.35. The molecule has 0 spiro atoms. The van der Waals surface area contributed by atoms with Crippen LogP contribution in [0.2, 0.25) is 0 Å². The molecule has 0 radical (unpaired) electrons. The van der Waals surface area contributed by atoms with Crippen molar-refractivity contribution in [1.82, 2.24) is 0 Å². The average Bonchev–Trinajstić information content (AvgIpc) is 2.48. The van der Waals surface area contributed by atoms with Crippen LogP contribution in [-0.2, 0) is 4.74 Å². The van der Waals surface area contributed by atoms with Gasteiger partial charge in [0.05, 0.1) is 6.61 Å². The van der Waals surface area contributed by atoms with E-state index in [-0.39, 0.29) is 0 Å². The molecule has 2 heteroatoms. The molecular formula is C18H28O2. The van der Waals surface area contributed by atoms with Crippen LogP contribution in [0.3, 0.4) is 0 Å². The first-order chi connectivity index (χ1) is 9.63. The summed E-state index contributed by atoms with van der Waals surface area (Å²) in [5, 5.41) is 0. The van der Waals surface area contributed by atoms with Crippen LogP contribution >= 0.6 is 0 Å². The number of hydrogen-bond acceptors (Lipinski definition) is 2. The van der Waals surface area contributed by atoms with E-state index in [4.69, 9.17) is 9.47 Å². The maximum atomic E-state index is 6.00. The van der Waals surface area contributed by atoms with E-state index in [1.807, 2.05) is 37.3 Å². The van der Waals surface area contributed by atoms with Crippen molar-refractivity contribution in [2.45, 2.75) is 58.7 Å². The molecule has 0 amide bonds. The molecule has 112 valence electrons. The lowest BCUT2D eigenvalue weighted by Gasteiger charge is -2.29. The third-order valence-electron chi connectivity index (χ3n) is 3.50. The van der Waals surface area contributed by atoms with Gasteiger partial charge in [0.1, 0.15) is 5.75 Å². The minimum atomic E-state index is -0.540. The molecule has 1 aromatic carbocycles. The highest BCUT2D eigenvalue weighted by molar-refractivity contribution is 5.48. The van der Waals surface area contributed by atoms with Crippen LogP contribution < -0.4 is 4.74 Å². The Bertz CT molecular complexity index is 383. The fourth-order valence-electron chi connectivity index (χ4n) is 1.94. The smallest absolute Gasteiger partial charge is 0.207 e. The maximum Gasteiger partial charge on any atom is 0.207 e. The van der Waals surface area contributed by atoms with E-state index in [0.717, 1.165) is 30.8 Å². The van der Waals surface area contributed by atoms with Gasteiger partial charge < -0.3 is 9.47 Å². The number of rotatable bonds is 10. The van der Waals surface area contributed by atoms with E-state index in [1.54, 1.807) is 0 Å². The summed E-state index contributed by atoms with van der Waals surface area (Å²) in [5.41, 5.74) is 1.09. The van der Waals surface area contributed by atoms with Crippen molar-refractivity contribution >= 4 is 6.08 Å². The molecule has 1 rings (SSSR count). The quantitative estimate of drug-likeness (QED) is 0.419. The first-order valence-corrected chi connectivity index (χ1v) is 7.69. The number of benzene rings is 1. The van der Waals surface area contributed by atoms with Gasteiger partial charge in [-0.3, -0.25) is 0 Å². The molecule has 0 aliphatic heterocycles. The van der Waals surface area contributed by atoms with Crippen molar-refractivity contribution in [3.05, 3.63) is 36.4 Å². The minimum absolute atomic E-state index is 0.540. The van der Waals surface area contributed by atoms with E-state index in [9.17, 15) is 0 Å². The molecule has 0 aromatic heterocycles. The third kappa shape index (κ3) is 5.79. The summed E-state index contributed by atoms with van der Waals surface area (Å²) in [7, 11) is 0. The van der Waals surface area contributed by atoms with Crippen molar-refractivity contribution in [2.75, 3.05) is 6.61 Å². The van der Waals surface area contributed by atoms with Gasteiger partial charge in [-0.2, -0.15) is 0 Å². The Balaban J connectivity index is 2.48. The highest BCUT2D eigenvalue weighted by Crippen LogP contribution is 2.23. The van der Waals surface area contributed by atoms with Gasteiger partial charge >= 0.3 is 0 Å². The van der Waals surface area contributed by atoms with Crippen molar-refractivity contribution in [2.24, 2.45) is 0 Å². The summed E-state index contributed by atoms with van der Waals surface area (Å²) in [6, 6.07) is 7.93. The van der Waals surface area contributed by atoms with E-state index < -0.39 is 5.79 Å². The van der Waals surface area contributed by atoms with Crippen LogP contribution in [0.25, 0.3) is 6.08 Å². The fraction of sp³-hybridized carbons (Fsp3) is 0.556. The summed E-state index contributed by atoms with van der Waals surface area (Å²) in [6.07, 6.45) is 7.50. The van der Waals surface area contributed by atoms with Gasteiger partial charge in [-0.05, 0) is 24.1 Å². The molecule has 1 unspecified atom stereocenters. The van der Waals surface area contributed by atoms with Crippen molar-refractivity contribution in [1.29, 1.82) is 0 Å². The summed E-state index contributed by atoms with van der Waals surface area (Å²) in [5.74, 6) is 0.301. The summed E-state index contributed by atoms with van der Waals surface area (Å²) in [6.45, 7) is 10.8.